The van der Waals surface area contributed by atoms with Crippen molar-refractivity contribution in [3.8, 4) is 0 Å². The fourth-order valence-electron chi connectivity index (χ4n) is 2.68. The van der Waals surface area contributed by atoms with Gasteiger partial charge in [0.2, 0.25) is 0 Å². The molecule has 2 amide bonds. The maximum Gasteiger partial charge on any atom is 0.270 e. The summed E-state index contributed by atoms with van der Waals surface area (Å²) in [6.45, 7) is 0.451. The molecule has 0 fully saturated rings. The second-order valence-electron chi connectivity index (χ2n) is 6.16. The van der Waals surface area contributed by atoms with E-state index in [-0.39, 0.29) is 22.2 Å². The zero-order valence-electron chi connectivity index (χ0n) is 15.3. The van der Waals surface area contributed by atoms with E-state index in [4.69, 9.17) is 11.6 Å². The monoisotopic (exact) mass is 429 g/mol. The normalized spacial score (nSPS) is 10.4. The summed E-state index contributed by atoms with van der Waals surface area (Å²) >= 11 is 7.58. The summed E-state index contributed by atoms with van der Waals surface area (Å²) in [6.07, 6.45) is 0. The Balaban J connectivity index is 1.81. The van der Waals surface area contributed by atoms with Gasteiger partial charge in [0.05, 0.1) is 33.3 Å². The standard InChI is InChI=1S/C20H16ClN3O4S/c1-23(12-14-5-4-10-29-14)20(26)16-6-2-3-7-18(16)22-19(25)15-9-8-13(24(27)28)11-17(15)21/h2-11H,12H2,1H3,(H,22,25). The van der Waals surface area contributed by atoms with Gasteiger partial charge in [0.15, 0.2) is 0 Å². The molecule has 0 saturated heterocycles. The van der Waals surface area contributed by atoms with Crippen molar-refractivity contribution in [1.82, 2.24) is 4.90 Å². The number of carbonyl (C=O) groups excluding carboxylic acids is 2. The lowest BCUT2D eigenvalue weighted by Gasteiger charge is -2.18. The number of amides is 2. The number of hydrogen-bond donors (Lipinski definition) is 1. The van der Waals surface area contributed by atoms with E-state index in [2.05, 4.69) is 5.32 Å². The van der Waals surface area contributed by atoms with Crippen LogP contribution in [0.3, 0.4) is 0 Å². The lowest BCUT2D eigenvalue weighted by molar-refractivity contribution is -0.384. The Morgan fingerprint density at radius 2 is 1.90 bits per heavy atom. The summed E-state index contributed by atoms with van der Waals surface area (Å²) in [5.74, 6) is -0.810. The van der Waals surface area contributed by atoms with Crippen molar-refractivity contribution in [1.29, 1.82) is 0 Å². The van der Waals surface area contributed by atoms with Crippen LogP contribution in [0.1, 0.15) is 25.6 Å². The number of benzene rings is 2. The number of nitro groups is 1. The van der Waals surface area contributed by atoms with Gasteiger partial charge >= 0.3 is 0 Å². The largest absolute Gasteiger partial charge is 0.336 e. The maximum absolute atomic E-state index is 12.9. The zero-order valence-corrected chi connectivity index (χ0v) is 16.9. The van der Waals surface area contributed by atoms with Gasteiger partial charge in [0, 0.05) is 24.1 Å². The number of carbonyl (C=O) groups is 2. The van der Waals surface area contributed by atoms with Crippen molar-refractivity contribution in [3.63, 3.8) is 0 Å². The molecule has 0 bridgehead atoms. The number of halogens is 1. The first-order valence-corrected chi connectivity index (χ1v) is 9.74. The molecule has 3 aromatic rings. The fourth-order valence-corrected chi connectivity index (χ4v) is 3.70. The number of nitrogens with zero attached hydrogens (tertiary/aromatic N) is 2. The van der Waals surface area contributed by atoms with Gasteiger partial charge in [0.1, 0.15) is 0 Å². The molecular weight excluding hydrogens is 414 g/mol. The predicted molar refractivity (Wildman–Crippen MR) is 113 cm³/mol. The molecule has 0 atom stereocenters. The number of nitrogens with one attached hydrogen (secondary N) is 1. The summed E-state index contributed by atoms with van der Waals surface area (Å²) < 4.78 is 0. The third-order valence-electron chi connectivity index (χ3n) is 4.13. The van der Waals surface area contributed by atoms with E-state index in [0.717, 1.165) is 10.9 Å². The molecule has 1 aromatic heterocycles. The lowest BCUT2D eigenvalue weighted by Crippen LogP contribution is -2.27. The fraction of sp³-hybridized carbons (Fsp3) is 0.100. The van der Waals surface area contributed by atoms with Gasteiger partial charge in [0.25, 0.3) is 17.5 Å². The number of para-hydroxylation sites is 1. The van der Waals surface area contributed by atoms with Crippen LogP contribution in [0, 0.1) is 10.1 Å². The highest BCUT2D eigenvalue weighted by Crippen LogP contribution is 2.25. The second-order valence-corrected chi connectivity index (χ2v) is 7.60. The minimum atomic E-state index is -0.592. The first-order chi connectivity index (χ1) is 13.9. The van der Waals surface area contributed by atoms with Crippen LogP contribution in [-0.2, 0) is 6.54 Å². The van der Waals surface area contributed by atoms with Gasteiger partial charge in [-0.3, -0.25) is 19.7 Å². The number of non-ortho nitro benzene ring substituents is 1. The van der Waals surface area contributed by atoms with Crippen LogP contribution in [0.15, 0.2) is 60.0 Å². The van der Waals surface area contributed by atoms with Gasteiger partial charge in [-0.25, -0.2) is 0 Å². The van der Waals surface area contributed by atoms with Crippen molar-refractivity contribution >= 4 is 46.1 Å². The van der Waals surface area contributed by atoms with Crippen LogP contribution in [0.4, 0.5) is 11.4 Å². The molecular formula is C20H16ClN3O4S. The molecule has 3 rings (SSSR count). The zero-order chi connectivity index (χ0) is 21.0. The number of nitro benzene ring substituents is 1. The Hall–Kier alpha value is -3.23. The van der Waals surface area contributed by atoms with Crippen molar-refractivity contribution in [3.05, 3.63) is 91.1 Å². The smallest absolute Gasteiger partial charge is 0.270 e. The summed E-state index contributed by atoms with van der Waals surface area (Å²) in [4.78, 5) is 38.3. The van der Waals surface area contributed by atoms with E-state index >= 15 is 0 Å². The Kier molecular flexibility index (Phi) is 6.26. The van der Waals surface area contributed by atoms with Crippen LogP contribution in [0.2, 0.25) is 5.02 Å². The number of thiophene rings is 1. The molecule has 0 aliphatic heterocycles. The van der Waals surface area contributed by atoms with Crippen molar-refractivity contribution in [2.75, 3.05) is 12.4 Å². The number of rotatable bonds is 6. The van der Waals surface area contributed by atoms with Crippen LogP contribution in [0.25, 0.3) is 0 Å². The highest BCUT2D eigenvalue weighted by atomic mass is 35.5. The predicted octanol–water partition coefficient (Wildman–Crippen LogP) is 4.83. The van der Waals surface area contributed by atoms with Gasteiger partial charge in [-0.2, -0.15) is 0 Å². The summed E-state index contributed by atoms with van der Waals surface area (Å²) in [6, 6.07) is 14.1. The summed E-state index contributed by atoms with van der Waals surface area (Å²) in [7, 11) is 1.69. The van der Waals surface area contributed by atoms with Gasteiger partial charge in [-0.05, 0) is 29.6 Å². The third kappa shape index (κ3) is 4.79. The van der Waals surface area contributed by atoms with Gasteiger partial charge in [-0.15, -0.1) is 11.3 Å². The Labute approximate surface area is 175 Å². The molecule has 148 valence electrons. The van der Waals surface area contributed by atoms with E-state index in [0.29, 0.717) is 17.8 Å². The van der Waals surface area contributed by atoms with Crippen LogP contribution in [-0.4, -0.2) is 28.7 Å². The molecule has 0 saturated carbocycles. The molecule has 0 radical (unpaired) electrons. The second kappa shape index (κ2) is 8.85. The van der Waals surface area contributed by atoms with Crippen molar-refractivity contribution in [2.45, 2.75) is 6.54 Å². The average Bonchev–Trinajstić information content (AvgIpc) is 3.20. The molecule has 0 unspecified atom stereocenters. The Bertz CT molecular complexity index is 1070. The van der Waals surface area contributed by atoms with Crippen molar-refractivity contribution in [2.24, 2.45) is 0 Å². The molecule has 0 aliphatic rings. The van der Waals surface area contributed by atoms with Crippen molar-refractivity contribution < 1.29 is 14.5 Å². The molecule has 1 heterocycles. The van der Waals surface area contributed by atoms with E-state index in [9.17, 15) is 19.7 Å². The molecule has 29 heavy (non-hydrogen) atoms. The number of hydrogen-bond acceptors (Lipinski definition) is 5. The average molecular weight is 430 g/mol. The summed E-state index contributed by atoms with van der Waals surface area (Å²) in [5, 5.41) is 15.4. The Morgan fingerprint density at radius 1 is 1.14 bits per heavy atom. The van der Waals surface area contributed by atoms with Crippen LogP contribution < -0.4 is 5.32 Å². The lowest BCUT2D eigenvalue weighted by atomic mass is 10.1. The third-order valence-corrected chi connectivity index (χ3v) is 5.31. The minimum Gasteiger partial charge on any atom is -0.336 e. The van der Waals surface area contributed by atoms with Gasteiger partial charge in [-0.1, -0.05) is 29.8 Å². The first-order valence-electron chi connectivity index (χ1n) is 8.49. The maximum atomic E-state index is 12.9. The highest BCUT2D eigenvalue weighted by Gasteiger charge is 2.20. The quantitative estimate of drug-likeness (QED) is 0.448. The molecule has 7 nitrogen and oxygen atoms in total. The van der Waals surface area contributed by atoms with E-state index in [1.54, 1.807) is 47.5 Å². The summed E-state index contributed by atoms with van der Waals surface area (Å²) in [5.41, 5.74) is 0.525. The molecule has 0 aliphatic carbocycles. The van der Waals surface area contributed by atoms with Crippen LogP contribution in [0.5, 0.6) is 0 Å². The van der Waals surface area contributed by atoms with E-state index in [1.807, 2.05) is 17.5 Å². The van der Waals surface area contributed by atoms with Gasteiger partial charge < -0.3 is 10.2 Å². The SMILES string of the molecule is CN(Cc1cccs1)C(=O)c1ccccc1NC(=O)c1ccc([N+](=O)[O-])cc1Cl. The topological polar surface area (TPSA) is 92.6 Å². The first kappa shape index (κ1) is 20.5. The van der Waals surface area contributed by atoms with E-state index in [1.165, 1.54) is 12.1 Å². The highest BCUT2D eigenvalue weighted by molar-refractivity contribution is 7.09. The van der Waals surface area contributed by atoms with E-state index < -0.39 is 10.8 Å². The van der Waals surface area contributed by atoms with Crippen LogP contribution >= 0.6 is 22.9 Å². The Morgan fingerprint density at radius 3 is 2.55 bits per heavy atom. The molecule has 2 aromatic carbocycles. The molecule has 1 N–H and O–H groups in total. The molecule has 9 heteroatoms. The number of anilines is 1. The molecule has 0 spiro atoms. The minimum absolute atomic E-state index is 0.0460.